The summed E-state index contributed by atoms with van der Waals surface area (Å²) in [6.07, 6.45) is 18.5. The average Bonchev–Trinajstić information content (AvgIpc) is 2.85. The topological polar surface area (TPSA) is 34.4 Å². The summed E-state index contributed by atoms with van der Waals surface area (Å²) < 4.78 is 0. The Morgan fingerprint density at radius 3 is 2.54 bits per heavy atom. The van der Waals surface area contributed by atoms with Crippen LogP contribution in [-0.4, -0.2) is 37.0 Å². The number of hydrogen-bond donors (Lipinski definition) is 0. The van der Waals surface area contributed by atoms with Crippen molar-refractivity contribution in [2.24, 2.45) is 11.3 Å². The van der Waals surface area contributed by atoms with E-state index in [9.17, 15) is 4.79 Å². The maximum absolute atomic E-state index is 10.5. The van der Waals surface area contributed by atoms with Crippen molar-refractivity contribution in [3.63, 3.8) is 0 Å². The van der Waals surface area contributed by atoms with Crippen LogP contribution >= 0.6 is 0 Å². The molecule has 1 amide bonds. The van der Waals surface area contributed by atoms with Gasteiger partial charge in [-0.15, -0.1) is 6.04 Å². The molecule has 26 heavy (non-hydrogen) atoms. The fourth-order valence-corrected chi connectivity index (χ4v) is 4.51. The summed E-state index contributed by atoms with van der Waals surface area (Å²) in [4.78, 5) is 13.2. The van der Waals surface area contributed by atoms with E-state index in [1.54, 1.807) is 11.1 Å². The molecule has 0 spiro atoms. The number of likely N-dealkylation sites (tertiary alicyclic amines) is 1. The molecule has 0 unspecified atom stereocenters. The third-order valence-electron chi connectivity index (χ3n) is 6.12. The first-order valence-electron chi connectivity index (χ1n) is 10.0. The van der Waals surface area contributed by atoms with Crippen molar-refractivity contribution in [2.75, 3.05) is 19.6 Å². The normalized spacial score (nSPS) is 28.5. The van der Waals surface area contributed by atoms with Crippen molar-refractivity contribution in [3.8, 4) is 0 Å². The third kappa shape index (κ3) is 6.81. The number of amides is 1. The molecule has 2 fully saturated rings. The summed E-state index contributed by atoms with van der Waals surface area (Å²) in [5.74, 6) is 0.826. The SMILES string of the molecule is CC1(C)C=CC=C2CCN(CCC3CCC([N-]C=O)CC3)CCC2=C1.[Rb+]. The van der Waals surface area contributed by atoms with Gasteiger partial charge in [0.05, 0.1) is 0 Å². The Bertz CT molecular complexity index is 556. The van der Waals surface area contributed by atoms with Crippen molar-refractivity contribution in [3.05, 3.63) is 40.8 Å². The van der Waals surface area contributed by atoms with Crippen molar-refractivity contribution in [1.29, 1.82) is 0 Å². The largest absolute Gasteiger partial charge is 1.00 e. The molecule has 0 radical (unpaired) electrons. The van der Waals surface area contributed by atoms with Gasteiger partial charge in [0, 0.05) is 24.9 Å². The van der Waals surface area contributed by atoms with Crippen molar-refractivity contribution in [1.82, 2.24) is 4.90 Å². The van der Waals surface area contributed by atoms with Gasteiger partial charge in [0.2, 0.25) is 0 Å². The zero-order chi connectivity index (χ0) is 17.7. The van der Waals surface area contributed by atoms with E-state index in [2.05, 4.69) is 48.4 Å². The quantitative estimate of drug-likeness (QED) is 0.630. The zero-order valence-corrected chi connectivity index (χ0v) is 21.8. The molecule has 3 aliphatic rings. The van der Waals surface area contributed by atoms with Gasteiger partial charge in [-0.05, 0) is 42.9 Å². The molecule has 138 valence electrons. The molecule has 0 atom stereocenters. The minimum Gasteiger partial charge on any atom is -0.654 e. The van der Waals surface area contributed by atoms with E-state index in [1.807, 2.05) is 0 Å². The molecule has 0 aromatic heterocycles. The standard InChI is InChI=1S/C22H34N2O.Rb/c1-22(2)12-3-4-19-10-14-24(15-11-20(19)16-22)13-9-18-5-7-21(8-6-18)23-17-25;/h3-4,12,16-18,21H,5-11,13-15H2,1-2H3,(H,23,25);/q;+1/p-1. The number of carbonyl (C=O) groups excluding carboxylic acids is 1. The number of fused-ring (bicyclic) bond motifs is 1. The summed E-state index contributed by atoms with van der Waals surface area (Å²) in [6.45, 7) is 8.19. The first-order valence-corrected chi connectivity index (χ1v) is 10.0. The summed E-state index contributed by atoms with van der Waals surface area (Å²) in [6, 6.07) is 0.300. The Hall–Kier alpha value is 0.455. The Kier molecular flexibility index (Phi) is 9.49. The van der Waals surface area contributed by atoms with E-state index < -0.39 is 0 Å². The monoisotopic (exact) mass is 426 g/mol. The number of hydrogen-bond acceptors (Lipinski definition) is 2. The van der Waals surface area contributed by atoms with E-state index in [0.29, 0.717) is 6.04 Å². The molecule has 1 saturated heterocycles. The molecule has 4 heteroatoms. The second-order valence-corrected chi connectivity index (χ2v) is 8.60. The van der Waals surface area contributed by atoms with E-state index in [1.165, 1.54) is 51.7 Å². The second kappa shape index (κ2) is 10.9. The van der Waals surface area contributed by atoms with Crippen LogP contribution in [0, 0.1) is 11.3 Å². The number of nitrogens with zero attached hydrogens (tertiary/aromatic N) is 2. The fourth-order valence-electron chi connectivity index (χ4n) is 4.51. The molecule has 3 rings (SSSR count). The Morgan fingerprint density at radius 1 is 1.15 bits per heavy atom. The molecule has 2 aliphatic carbocycles. The summed E-state index contributed by atoms with van der Waals surface area (Å²) in [5.41, 5.74) is 3.28. The maximum atomic E-state index is 10.5. The van der Waals surface area contributed by atoms with Gasteiger partial charge >= 0.3 is 58.2 Å². The third-order valence-corrected chi connectivity index (χ3v) is 6.12. The number of carbonyl (C=O) groups is 1. The molecular formula is C22H33N2ORb. The predicted molar refractivity (Wildman–Crippen MR) is 105 cm³/mol. The summed E-state index contributed by atoms with van der Waals surface area (Å²) in [7, 11) is 0. The average molecular weight is 427 g/mol. The van der Waals surface area contributed by atoms with Crippen LogP contribution in [-0.2, 0) is 4.79 Å². The first kappa shape index (κ1) is 22.7. The van der Waals surface area contributed by atoms with Crippen LogP contribution in [0.2, 0.25) is 0 Å². The van der Waals surface area contributed by atoms with Crippen molar-refractivity contribution in [2.45, 2.75) is 64.8 Å². The van der Waals surface area contributed by atoms with Gasteiger partial charge in [-0.2, -0.15) is 0 Å². The van der Waals surface area contributed by atoms with Crippen molar-refractivity contribution < 1.29 is 63.0 Å². The smallest absolute Gasteiger partial charge is 0.654 e. The number of allylic oxidation sites excluding steroid dienone is 4. The first-order chi connectivity index (χ1) is 12.1. The van der Waals surface area contributed by atoms with Crippen LogP contribution in [0.4, 0.5) is 0 Å². The Morgan fingerprint density at radius 2 is 1.85 bits per heavy atom. The molecule has 0 bridgehead atoms. The molecule has 3 nitrogen and oxygen atoms in total. The Labute approximate surface area is 208 Å². The molecule has 1 aliphatic heterocycles. The van der Waals surface area contributed by atoms with Crippen molar-refractivity contribution >= 4 is 6.41 Å². The minimum absolute atomic E-state index is 0. The van der Waals surface area contributed by atoms with E-state index >= 15 is 0 Å². The minimum atomic E-state index is 0. The van der Waals surface area contributed by atoms with Gasteiger partial charge < -0.3 is 15.0 Å². The van der Waals surface area contributed by atoms with Crippen LogP contribution in [0.25, 0.3) is 5.32 Å². The van der Waals surface area contributed by atoms with Crippen LogP contribution in [0.15, 0.2) is 35.5 Å². The van der Waals surface area contributed by atoms with Crippen LogP contribution in [0.5, 0.6) is 0 Å². The van der Waals surface area contributed by atoms with E-state index in [-0.39, 0.29) is 63.6 Å². The predicted octanol–water partition coefficient (Wildman–Crippen LogP) is 2.01. The molecule has 1 heterocycles. The molecular weight excluding hydrogens is 394 g/mol. The van der Waals surface area contributed by atoms with E-state index in [4.69, 9.17) is 0 Å². The van der Waals surface area contributed by atoms with Crippen LogP contribution < -0.4 is 58.2 Å². The fraction of sp³-hybridized carbons (Fsp3) is 0.682. The van der Waals surface area contributed by atoms with Gasteiger partial charge in [0.1, 0.15) is 0 Å². The number of rotatable bonds is 5. The maximum Gasteiger partial charge on any atom is 1.00 e. The molecule has 0 aromatic carbocycles. The van der Waals surface area contributed by atoms with Gasteiger partial charge in [0.25, 0.3) is 0 Å². The summed E-state index contributed by atoms with van der Waals surface area (Å²) >= 11 is 0. The van der Waals surface area contributed by atoms with Crippen LogP contribution in [0.1, 0.15) is 58.8 Å². The molecule has 0 aromatic rings. The Balaban J connectivity index is 0.00000243. The molecule has 1 saturated carbocycles. The zero-order valence-electron chi connectivity index (χ0n) is 16.9. The van der Waals surface area contributed by atoms with E-state index in [0.717, 1.165) is 25.2 Å². The van der Waals surface area contributed by atoms with Gasteiger partial charge in [-0.3, -0.25) is 0 Å². The van der Waals surface area contributed by atoms with Crippen LogP contribution in [0.3, 0.4) is 0 Å². The van der Waals surface area contributed by atoms with Gasteiger partial charge in [-0.25, -0.2) is 0 Å². The molecule has 0 N–H and O–H groups in total. The summed E-state index contributed by atoms with van der Waals surface area (Å²) in [5, 5.41) is 4.03. The second-order valence-electron chi connectivity index (χ2n) is 8.60. The van der Waals surface area contributed by atoms with Gasteiger partial charge in [-0.1, -0.05) is 63.8 Å². The van der Waals surface area contributed by atoms with Gasteiger partial charge in [0.15, 0.2) is 0 Å².